The number of hydrogen-bond acceptors (Lipinski definition) is 36. The molecule has 736 valence electrons. The van der Waals surface area contributed by atoms with Crippen molar-refractivity contribution >= 4 is 119 Å². The molecule has 0 spiro atoms. The zero-order valence-corrected chi connectivity index (χ0v) is 73.3. The maximum atomic E-state index is 14.3. The van der Waals surface area contributed by atoms with Crippen molar-refractivity contribution in [1.29, 1.82) is 0 Å². The normalized spacial score (nSPS) is 11.4. The number of aliphatic carboxylic acids is 12. The number of rotatable bonds is 84. The van der Waals surface area contributed by atoms with Gasteiger partial charge >= 0.3 is 71.6 Å². The number of amides is 8. The lowest BCUT2D eigenvalue weighted by Crippen LogP contribution is -2.59. The van der Waals surface area contributed by atoms with Crippen molar-refractivity contribution in [3.63, 3.8) is 0 Å². The molecule has 0 bridgehead atoms. The lowest BCUT2D eigenvalue weighted by Gasteiger charge is -2.35. The van der Waals surface area contributed by atoms with Crippen LogP contribution in [0.15, 0.2) is 0 Å². The Balaban J connectivity index is 7.72. The molecular weight excluding hydrogens is 1720 g/mol. The number of hydrogen-bond donors (Lipinski definition) is 24. The second-order valence-electron chi connectivity index (χ2n) is 30.0. The molecule has 24 N–H and O–H groups in total. The molecule has 0 fully saturated rings. The topological polar surface area (TPSA) is 767 Å². The highest BCUT2D eigenvalue weighted by atomic mass is 16.4. The number of carboxylic acids is 12. The zero-order chi connectivity index (χ0) is 97.4. The van der Waals surface area contributed by atoms with Crippen LogP contribution in [0.25, 0.3) is 0 Å². The van der Waals surface area contributed by atoms with Gasteiger partial charge in [-0.05, 0) is 0 Å². The van der Waals surface area contributed by atoms with E-state index in [1.807, 2.05) is 0 Å². The molecule has 0 rings (SSSR count). The number of nitrogens with one attached hydrogen (secondary N) is 12. The third-order valence-electron chi connectivity index (χ3n) is 18.7. The fraction of sp³-hybridized carbons (Fsp3) is 0.726. The van der Waals surface area contributed by atoms with Gasteiger partial charge in [0.1, 0.15) is 0 Å². The maximum absolute atomic E-state index is 14.3. The molecule has 0 aliphatic carbocycles. The summed E-state index contributed by atoms with van der Waals surface area (Å²) >= 11 is 0. The van der Waals surface area contributed by atoms with Crippen LogP contribution in [0, 0.1) is 5.41 Å². The van der Waals surface area contributed by atoms with Gasteiger partial charge in [0.15, 0.2) is 0 Å². The number of nitrogens with zero attached hydrogens (tertiary/aromatic N) is 12. The molecule has 0 aromatic heterocycles. The molecule has 0 aromatic rings. The number of carboxylic acid groups (broad SMARTS) is 12. The van der Waals surface area contributed by atoms with Crippen LogP contribution in [0.1, 0.15) is 0 Å². The minimum Gasteiger partial charge on any atom is -0.480 e. The summed E-state index contributed by atoms with van der Waals surface area (Å²) in [7, 11) is 4.97. The number of carbonyl (C=O) groups is 20. The largest absolute Gasteiger partial charge is 0.480 e. The van der Waals surface area contributed by atoms with Gasteiger partial charge < -0.3 is 145 Å². The molecule has 0 saturated carbocycles. The minimum absolute atomic E-state index is 0.00128. The van der Waals surface area contributed by atoms with Gasteiger partial charge in [-0.15, -0.1) is 0 Å². The van der Waals surface area contributed by atoms with Crippen LogP contribution in [-0.4, -0.2) is 581 Å². The summed E-state index contributed by atoms with van der Waals surface area (Å²) < 4.78 is 0. The average molecular weight is 1860 g/mol. The van der Waals surface area contributed by atoms with Gasteiger partial charge in [0, 0.05) is 217 Å². The maximum Gasteiger partial charge on any atom is 0.317 e. The first-order valence-corrected chi connectivity index (χ1v) is 40.9. The fourth-order valence-corrected chi connectivity index (χ4v) is 11.7. The first kappa shape index (κ1) is 118. The lowest BCUT2D eigenvalue weighted by atomic mass is 9.86. The van der Waals surface area contributed by atoms with Gasteiger partial charge in [-0.1, -0.05) is 0 Å². The third kappa shape index (κ3) is 65.9. The third-order valence-corrected chi connectivity index (χ3v) is 18.7. The molecule has 0 aromatic carbocycles. The van der Waals surface area contributed by atoms with Crippen molar-refractivity contribution in [2.45, 2.75) is 0 Å². The highest BCUT2D eigenvalue weighted by molar-refractivity contribution is 5.88. The second-order valence-corrected chi connectivity index (χ2v) is 30.0. The van der Waals surface area contributed by atoms with Crippen LogP contribution >= 0.6 is 0 Å². The summed E-state index contributed by atoms with van der Waals surface area (Å²) in [4.78, 5) is 266. The van der Waals surface area contributed by atoms with Crippen molar-refractivity contribution in [3.05, 3.63) is 0 Å². The smallest absolute Gasteiger partial charge is 0.317 e. The number of likely N-dealkylation sites (N-methyl/N-ethyl adjacent to an activating group) is 4. The van der Waals surface area contributed by atoms with Gasteiger partial charge in [0.25, 0.3) is 0 Å². The van der Waals surface area contributed by atoms with E-state index in [4.69, 9.17) is 20.4 Å². The van der Waals surface area contributed by atoms with E-state index in [0.29, 0.717) is 0 Å². The minimum atomic E-state index is -1.82. The fourth-order valence-electron chi connectivity index (χ4n) is 11.7. The summed E-state index contributed by atoms with van der Waals surface area (Å²) in [6.07, 6.45) is 0. The molecule has 56 heteroatoms. The number of carbonyl (C=O) groups excluding carboxylic acids is 8. The standard InChI is InChI=1S/C73H132N24O32/c1-86(57(102)29-74-5-15-92(43-67(118)119)25-27-96(47-71(126)127)19-11-80-35-65(114)115)37-53(98)82-49-73(50-83-54(99)38-87(2)58(103)30-75-6-16-93(44-68(120)121)26-28-97(48-72(128)129)20-12-81-36-66(116)117,51-84-55(100)39-88(3)59(104)41-90(13-7-76-31-61(106)107)21-23-94(45-69(122)123)17-9-78-33-63(110)111)52-85-56(101)40-89(4)60(105)42-91(14-8-77-32-62(108)109)22-24-95(46-70(124)125)18-10-79-34-64(112)113/h74-81H,5-52H2,1-4H3,(H,82,98)(H,83,99)(H,84,100)(H,85,101)(H,106,107)(H,108,109)(H,110,111)(H,112,113)(H,114,115)(H,116,117)(H,118,119)(H,120,121)(H,122,123)(H,124,125)(H,126,127)(H,128,129). The Kier molecular flexibility index (Phi) is 62.8. The van der Waals surface area contributed by atoms with Crippen LogP contribution in [0.3, 0.4) is 0 Å². The van der Waals surface area contributed by atoms with Crippen molar-refractivity contribution in [2.24, 2.45) is 5.41 Å². The Morgan fingerprint density at radius 3 is 0.488 bits per heavy atom. The van der Waals surface area contributed by atoms with Gasteiger partial charge in [-0.2, -0.15) is 0 Å². The predicted molar refractivity (Wildman–Crippen MR) is 451 cm³/mol. The molecule has 0 unspecified atom stereocenters. The molecule has 0 radical (unpaired) electrons. The molecule has 56 nitrogen and oxygen atoms in total. The van der Waals surface area contributed by atoms with E-state index in [9.17, 15) is 137 Å². The van der Waals surface area contributed by atoms with E-state index in [1.54, 1.807) is 0 Å². The Hall–Kier alpha value is -11.2. The van der Waals surface area contributed by atoms with Crippen molar-refractivity contribution in [2.75, 3.05) is 342 Å². The Morgan fingerprint density at radius 2 is 0.333 bits per heavy atom. The first-order valence-electron chi connectivity index (χ1n) is 40.9. The predicted octanol–water partition coefficient (Wildman–Crippen LogP) is -15.6. The van der Waals surface area contributed by atoms with Crippen LogP contribution in [-0.2, 0) is 95.9 Å². The molecule has 0 aliphatic rings. The molecular formula is C73H132N24O32. The van der Waals surface area contributed by atoms with Crippen molar-refractivity contribution in [3.8, 4) is 0 Å². The SMILES string of the molecule is CN(CC(=O)NCC(CNC(=O)CN(C)C(=O)CNCCN(CCN(CCNCC(=O)O)CC(=O)O)CC(=O)O)(CNC(=O)CN(C)C(=O)CN(CCNCC(=O)O)CCN(CCNCC(=O)O)CC(=O)O)CNC(=O)CN(C)C(=O)CN(CCNCC(=O)O)CCN(CCNCC(=O)O)CC(=O)O)C(=O)CNCCN(CCN(CCNCC(=O)O)CC(=O)O)CC(=O)O. The molecule has 0 aliphatic heterocycles. The van der Waals surface area contributed by atoms with Crippen molar-refractivity contribution in [1.82, 2.24) is 123 Å². The lowest BCUT2D eigenvalue weighted by molar-refractivity contribution is -0.140. The highest BCUT2D eigenvalue weighted by Crippen LogP contribution is 2.15. The highest BCUT2D eigenvalue weighted by Gasteiger charge is 2.35. The van der Waals surface area contributed by atoms with Crippen LogP contribution < -0.4 is 63.8 Å². The van der Waals surface area contributed by atoms with E-state index < -0.39 is 281 Å². The van der Waals surface area contributed by atoms with Crippen LogP contribution in [0.4, 0.5) is 0 Å². The molecule has 0 atom stereocenters. The quantitative estimate of drug-likeness (QED) is 0.0251. The molecule has 8 amide bonds. The van der Waals surface area contributed by atoms with Gasteiger partial charge in [-0.3, -0.25) is 135 Å². The van der Waals surface area contributed by atoms with Crippen LogP contribution in [0.2, 0.25) is 0 Å². The molecule has 0 heterocycles. The van der Waals surface area contributed by atoms with E-state index >= 15 is 0 Å². The van der Waals surface area contributed by atoms with E-state index in [2.05, 4.69) is 63.8 Å². The summed E-state index contributed by atoms with van der Waals surface area (Å²) in [5, 5.41) is 145. The average Bonchev–Trinajstić information content (AvgIpc) is 0.843. The van der Waals surface area contributed by atoms with Gasteiger partial charge in [-0.25, -0.2) is 0 Å². The second kappa shape index (κ2) is 68.8. The van der Waals surface area contributed by atoms with Crippen molar-refractivity contribution < 1.29 is 157 Å². The molecule has 129 heavy (non-hydrogen) atoms. The summed E-state index contributed by atoms with van der Waals surface area (Å²) in [6.45, 7) is -12.1. The summed E-state index contributed by atoms with van der Waals surface area (Å²) in [6, 6.07) is 0. The first-order chi connectivity index (χ1) is 60.8. The zero-order valence-electron chi connectivity index (χ0n) is 73.3. The Labute approximate surface area is 743 Å². The summed E-state index contributed by atoms with van der Waals surface area (Å²) in [5.74, 6) is -20.8. The Morgan fingerprint density at radius 1 is 0.186 bits per heavy atom. The van der Waals surface area contributed by atoms with E-state index in [0.717, 1.165) is 19.6 Å². The van der Waals surface area contributed by atoms with Gasteiger partial charge in [0.2, 0.25) is 47.3 Å². The van der Waals surface area contributed by atoms with E-state index in [1.165, 1.54) is 67.4 Å². The monoisotopic (exact) mass is 1860 g/mol. The van der Waals surface area contributed by atoms with Gasteiger partial charge in [0.05, 0.1) is 131 Å². The summed E-state index contributed by atoms with van der Waals surface area (Å²) in [5.41, 5.74) is -1.82. The molecule has 0 saturated heterocycles. The Bertz CT molecular complexity index is 3340. The van der Waals surface area contributed by atoms with E-state index in [-0.39, 0.29) is 157 Å². The van der Waals surface area contributed by atoms with Crippen LogP contribution in [0.5, 0.6) is 0 Å².